The summed E-state index contributed by atoms with van der Waals surface area (Å²) in [7, 11) is 4.81. The molecule has 0 saturated carbocycles. The van der Waals surface area contributed by atoms with Crippen LogP contribution in [0.1, 0.15) is 6.92 Å². The molecule has 0 saturated heterocycles. The fourth-order valence-corrected chi connectivity index (χ4v) is 2.94. The number of fused-ring (bicyclic) bond motifs is 1. The Morgan fingerprint density at radius 2 is 1.68 bits per heavy atom. The maximum Gasteiger partial charge on any atom is 0.203 e. The van der Waals surface area contributed by atoms with Crippen LogP contribution in [0.5, 0.6) is 17.2 Å². The fraction of sp³-hybridized carbons (Fsp3) is 0.250. The highest BCUT2D eigenvalue weighted by atomic mass is 16.5. The molecule has 3 aromatic rings. The maximum absolute atomic E-state index is 5.48. The van der Waals surface area contributed by atoms with Crippen LogP contribution in [-0.2, 0) is 6.54 Å². The van der Waals surface area contributed by atoms with E-state index in [-0.39, 0.29) is 0 Å². The Balaban J connectivity index is 2.27. The highest BCUT2D eigenvalue weighted by molar-refractivity contribution is 5.81. The molecule has 130 valence electrons. The predicted octanol–water partition coefficient (Wildman–Crippen LogP) is 4.31. The lowest BCUT2D eigenvalue weighted by molar-refractivity contribution is 0.324. The number of benzene rings is 2. The van der Waals surface area contributed by atoms with Crippen molar-refractivity contribution in [3.8, 4) is 28.6 Å². The van der Waals surface area contributed by atoms with Crippen LogP contribution in [0.4, 0.5) is 0 Å². The van der Waals surface area contributed by atoms with Crippen molar-refractivity contribution in [3.63, 3.8) is 0 Å². The van der Waals surface area contributed by atoms with Crippen LogP contribution in [0, 0.1) is 0 Å². The lowest BCUT2D eigenvalue weighted by Crippen LogP contribution is -2.02. The van der Waals surface area contributed by atoms with Crippen molar-refractivity contribution in [2.45, 2.75) is 13.5 Å². The molecular formula is C20H22N2O3. The van der Waals surface area contributed by atoms with Crippen LogP contribution in [-0.4, -0.2) is 30.9 Å². The highest BCUT2D eigenvalue weighted by Gasteiger charge is 2.18. The quantitative estimate of drug-likeness (QED) is 0.629. The molecule has 0 bridgehead atoms. The number of hydrogen-bond donors (Lipinski definition) is 0. The summed E-state index contributed by atoms with van der Waals surface area (Å²) in [5, 5.41) is 0. The van der Waals surface area contributed by atoms with Gasteiger partial charge < -0.3 is 18.8 Å². The molecule has 0 aliphatic carbocycles. The first-order chi connectivity index (χ1) is 12.1. The van der Waals surface area contributed by atoms with E-state index >= 15 is 0 Å². The van der Waals surface area contributed by atoms with Crippen LogP contribution in [0.2, 0.25) is 0 Å². The molecule has 25 heavy (non-hydrogen) atoms. The molecule has 0 atom stereocenters. The monoisotopic (exact) mass is 338 g/mol. The molecule has 5 nitrogen and oxygen atoms in total. The van der Waals surface area contributed by atoms with Crippen molar-refractivity contribution in [2.75, 3.05) is 21.3 Å². The summed E-state index contributed by atoms with van der Waals surface area (Å²) in [5.74, 6) is 2.61. The van der Waals surface area contributed by atoms with Crippen molar-refractivity contribution in [2.24, 2.45) is 0 Å². The van der Waals surface area contributed by atoms with Gasteiger partial charge in [0.25, 0.3) is 0 Å². The smallest absolute Gasteiger partial charge is 0.203 e. The van der Waals surface area contributed by atoms with Crippen LogP contribution < -0.4 is 14.2 Å². The van der Waals surface area contributed by atoms with Gasteiger partial charge in [0.1, 0.15) is 5.82 Å². The number of rotatable bonds is 6. The lowest BCUT2D eigenvalue weighted by Gasteiger charge is -2.15. The topological polar surface area (TPSA) is 45.5 Å². The Morgan fingerprint density at radius 1 is 1.04 bits per heavy atom. The number of methoxy groups -OCH3 is 3. The summed E-state index contributed by atoms with van der Waals surface area (Å²) >= 11 is 0. The van der Waals surface area contributed by atoms with Crippen molar-refractivity contribution < 1.29 is 14.2 Å². The third kappa shape index (κ3) is 3.05. The van der Waals surface area contributed by atoms with Gasteiger partial charge in [0, 0.05) is 12.1 Å². The summed E-state index contributed by atoms with van der Waals surface area (Å²) in [4.78, 5) is 4.81. The van der Waals surface area contributed by atoms with E-state index in [1.165, 1.54) is 0 Å². The fourth-order valence-electron chi connectivity index (χ4n) is 2.94. The van der Waals surface area contributed by atoms with Gasteiger partial charge in [-0.1, -0.05) is 24.3 Å². The Hall–Kier alpha value is -2.95. The molecule has 0 spiro atoms. The normalized spacial score (nSPS) is 10.7. The molecule has 0 aliphatic heterocycles. The second-order valence-corrected chi connectivity index (χ2v) is 5.88. The van der Waals surface area contributed by atoms with Gasteiger partial charge in [-0.25, -0.2) is 4.98 Å². The standard InChI is InChI=1S/C20H22N2O3/c1-13(2)12-22-16-9-7-6-8-15(16)21-20(22)14-10-17(23-3)19(25-5)18(11-14)24-4/h6-11H,1,12H2,2-5H3. The summed E-state index contributed by atoms with van der Waals surface area (Å²) in [6, 6.07) is 11.9. The SMILES string of the molecule is C=C(C)Cn1c(-c2cc(OC)c(OC)c(OC)c2)nc2ccccc21. The molecule has 1 heterocycles. The Kier molecular flexibility index (Phi) is 4.65. The number of imidazole rings is 1. The lowest BCUT2D eigenvalue weighted by atomic mass is 10.1. The molecule has 0 fully saturated rings. The van der Waals surface area contributed by atoms with E-state index in [1.807, 2.05) is 37.3 Å². The highest BCUT2D eigenvalue weighted by Crippen LogP contribution is 2.41. The predicted molar refractivity (Wildman–Crippen MR) is 99.6 cm³/mol. The van der Waals surface area contributed by atoms with Gasteiger partial charge >= 0.3 is 0 Å². The molecule has 2 aromatic carbocycles. The molecule has 0 radical (unpaired) electrons. The van der Waals surface area contributed by atoms with Crippen LogP contribution in [0.25, 0.3) is 22.4 Å². The van der Waals surface area contributed by atoms with E-state index in [9.17, 15) is 0 Å². The zero-order valence-corrected chi connectivity index (χ0v) is 15.0. The van der Waals surface area contributed by atoms with Gasteiger partial charge in [0.2, 0.25) is 5.75 Å². The number of para-hydroxylation sites is 2. The van der Waals surface area contributed by atoms with Gasteiger partial charge in [-0.2, -0.15) is 0 Å². The Morgan fingerprint density at radius 3 is 2.24 bits per heavy atom. The minimum absolute atomic E-state index is 0.566. The largest absolute Gasteiger partial charge is 0.493 e. The van der Waals surface area contributed by atoms with Gasteiger partial charge in [-0.05, 0) is 31.2 Å². The van der Waals surface area contributed by atoms with Crippen molar-refractivity contribution in [3.05, 3.63) is 48.6 Å². The minimum atomic E-state index is 0.566. The molecule has 0 amide bonds. The van der Waals surface area contributed by atoms with E-state index in [2.05, 4.69) is 17.2 Å². The maximum atomic E-state index is 5.48. The first kappa shape index (κ1) is 16.9. The molecule has 1 aromatic heterocycles. The summed E-state index contributed by atoms with van der Waals surface area (Å²) in [6.07, 6.45) is 0. The summed E-state index contributed by atoms with van der Waals surface area (Å²) in [5.41, 5.74) is 3.95. The average molecular weight is 338 g/mol. The third-order valence-corrected chi connectivity index (χ3v) is 4.01. The summed E-state index contributed by atoms with van der Waals surface area (Å²) in [6.45, 7) is 6.74. The average Bonchev–Trinajstić information content (AvgIpc) is 2.98. The molecule has 3 rings (SSSR count). The van der Waals surface area contributed by atoms with Gasteiger partial charge in [-0.15, -0.1) is 0 Å². The number of ether oxygens (including phenoxy) is 3. The van der Waals surface area contributed by atoms with Gasteiger partial charge in [0.05, 0.1) is 32.4 Å². The van der Waals surface area contributed by atoms with Crippen LogP contribution in [0.15, 0.2) is 48.6 Å². The minimum Gasteiger partial charge on any atom is -0.493 e. The van der Waals surface area contributed by atoms with Gasteiger partial charge in [-0.3, -0.25) is 0 Å². The zero-order valence-electron chi connectivity index (χ0n) is 15.0. The molecule has 0 aliphatic rings. The van der Waals surface area contributed by atoms with E-state index in [1.54, 1.807) is 21.3 Å². The molecule has 0 unspecified atom stereocenters. The van der Waals surface area contributed by atoms with E-state index < -0.39 is 0 Å². The number of nitrogens with zero attached hydrogens (tertiary/aromatic N) is 2. The van der Waals surface area contributed by atoms with Crippen molar-refractivity contribution >= 4 is 11.0 Å². The summed E-state index contributed by atoms with van der Waals surface area (Å²) < 4.78 is 18.5. The third-order valence-electron chi connectivity index (χ3n) is 4.01. The van der Waals surface area contributed by atoms with E-state index in [0.717, 1.165) is 28.0 Å². The second kappa shape index (κ2) is 6.89. The molecule has 5 heteroatoms. The van der Waals surface area contributed by atoms with E-state index in [0.29, 0.717) is 23.8 Å². The van der Waals surface area contributed by atoms with Gasteiger partial charge in [0.15, 0.2) is 11.5 Å². The number of allylic oxidation sites excluding steroid dienone is 1. The Labute approximate surface area is 147 Å². The van der Waals surface area contributed by atoms with Crippen LogP contribution >= 0.6 is 0 Å². The first-order valence-corrected chi connectivity index (χ1v) is 7.99. The second-order valence-electron chi connectivity index (χ2n) is 5.88. The molecular weight excluding hydrogens is 316 g/mol. The zero-order chi connectivity index (χ0) is 18.0. The number of hydrogen-bond acceptors (Lipinski definition) is 4. The van der Waals surface area contributed by atoms with Crippen molar-refractivity contribution in [1.82, 2.24) is 9.55 Å². The van der Waals surface area contributed by atoms with Crippen molar-refractivity contribution in [1.29, 1.82) is 0 Å². The van der Waals surface area contributed by atoms with E-state index in [4.69, 9.17) is 19.2 Å². The van der Waals surface area contributed by atoms with Crippen LogP contribution in [0.3, 0.4) is 0 Å². The molecule has 0 N–H and O–H groups in total. The Bertz CT molecular complexity index is 903. The number of aromatic nitrogens is 2. The first-order valence-electron chi connectivity index (χ1n) is 7.99.